The highest BCUT2D eigenvalue weighted by Gasteiger charge is 2.28. The third-order valence-electron chi connectivity index (χ3n) is 4.69. The van der Waals surface area contributed by atoms with Gasteiger partial charge in [0.25, 0.3) is 0 Å². The maximum atomic E-state index is 4.51. The second-order valence-corrected chi connectivity index (χ2v) is 8.73. The lowest BCUT2D eigenvalue weighted by Gasteiger charge is -2.30. The van der Waals surface area contributed by atoms with Crippen molar-refractivity contribution in [3.8, 4) is 0 Å². The molecule has 3 heteroatoms. The van der Waals surface area contributed by atoms with Crippen LogP contribution in [0.4, 0.5) is 0 Å². The predicted molar refractivity (Wildman–Crippen MR) is 88.2 cm³/mol. The van der Waals surface area contributed by atoms with Gasteiger partial charge in [0.2, 0.25) is 0 Å². The highest BCUT2D eigenvalue weighted by Crippen LogP contribution is 2.37. The third-order valence-corrected chi connectivity index (χ3v) is 5.78. The average molecular weight is 295 g/mol. The lowest BCUT2D eigenvalue weighted by atomic mass is 9.76. The molecule has 0 bridgehead atoms. The Balaban J connectivity index is 1.88. The molecule has 2 rings (SSSR count). The Morgan fingerprint density at radius 1 is 1.25 bits per heavy atom. The van der Waals surface area contributed by atoms with Crippen LogP contribution in [0.15, 0.2) is 6.20 Å². The molecule has 0 aromatic carbocycles. The van der Waals surface area contributed by atoms with Gasteiger partial charge < -0.3 is 5.32 Å². The fraction of sp³-hybridized carbons (Fsp3) is 0.824. The molecule has 1 saturated carbocycles. The van der Waals surface area contributed by atoms with Gasteiger partial charge in [-0.3, -0.25) is 0 Å². The van der Waals surface area contributed by atoms with Crippen LogP contribution < -0.4 is 5.32 Å². The fourth-order valence-corrected chi connectivity index (χ4v) is 4.12. The van der Waals surface area contributed by atoms with Gasteiger partial charge in [-0.1, -0.05) is 27.2 Å². The number of nitrogens with zero attached hydrogens (tertiary/aromatic N) is 1. The van der Waals surface area contributed by atoms with E-state index in [4.69, 9.17) is 0 Å². The smallest absolute Gasteiger partial charge is 0.109 e. The fourth-order valence-electron chi connectivity index (χ4n) is 3.33. The third kappa shape index (κ3) is 4.29. The molecule has 2 nitrogen and oxygen atoms in total. The van der Waals surface area contributed by atoms with Crippen molar-refractivity contribution in [3.05, 3.63) is 16.1 Å². The van der Waals surface area contributed by atoms with E-state index in [1.807, 2.05) is 17.5 Å². The van der Waals surface area contributed by atoms with E-state index in [2.05, 4.69) is 44.9 Å². The van der Waals surface area contributed by atoms with Gasteiger partial charge in [-0.25, -0.2) is 4.98 Å². The van der Waals surface area contributed by atoms with Crippen molar-refractivity contribution < 1.29 is 0 Å². The molecular weight excluding hydrogens is 264 g/mol. The predicted octanol–water partition coefficient (Wildman–Crippen LogP) is 5.10. The maximum Gasteiger partial charge on any atom is 0.109 e. The summed E-state index contributed by atoms with van der Waals surface area (Å²) in [6.45, 7) is 11.6. The highest BCUT2D eigenvalue weighted by molar-refractivity contribution is 7.11. The molecule has 1 aliphatic rings. The summed E-state index contributed by atoms with van der Waals surface area (Å²) in [5, 5.41) is 5.04. The minimum atomic E-state index is 0.393. The Morgan fingerprint density at radius 2 is 2.00 bits per heavy atom. The van der Waals surface area contributed by atoms with Crippen molar-refractivity contribution in [1.29, 1.82) is 0 Å². The van der Waals surface area contributed by atoms with Crippen LogP contribution in [-0.2, 0) is 0 Å². The van der Waals surface area contributed by atoms with Gasteiger partial charge in [0, 0.05) is 17.1 Å². The largest absolute Gasteiger partial charge is 0.305 e. The molecule has 114 valence electrons. The second-order valence-electron chi connectivity index (χ2n) is 7.47. The van der Waals surface area contributed by atoms with E-state index in [1.54, 1.807) is 0 Å². The zero-order valence-corrected chi connectivity index (χ0v) is 14.5. The van der Waals surface area contributed by atoms with E-state index < -0.39 is 0 Å². The van der Waals surface area contributed by atoms with Crippen molar-refractivity contribution in [2.24, 2.45) is 11.3 Å². The molecule has 1 heterocycles. The number of rotatable bonds is 3. The topological polar surface area (TPSA) is 24.9 Å². The van der Waals surface area contributed by atoms with E-state index in [1.165, 1.54) is 42.0 Å². The van der Waals surface area contributed by atoms with Crippen molar-refractivity contribution >= 4 is 11.3 Å². The summed E-state index contributed by atoms with van der Waals surface area (Å²) in [6.07, 6.45) is 8.75. The maximum absolute atomic E-state index is 4.51. The average Bonchev–Trinajstić information content (AvgIpc) is 2.64. The lowest BCUT2D eigenvalue weighted by molar-refractivity contribution is 0.213. The van der Waals surface area contributed by atoms with Crippen LogP contribution >= 0.6 is 11.3 Å². The van der Waals surface area contributed by atoms with Crippen molar-refractivity contribution in [3.63, 3.8) is 0 Å². The Labute approximate surface area is 128 Å². The van der Waals surface area contributed by atoms with Crippen molar-refractivity contribution in [1.82, 2.24) is 10.3 Å². The van der Waals surface area contributed by atoms with Crippen LogP contribution in [0.1, 0.15) is 75.7 Å². The number of hydrogen-bond acceptors (Lipinski definition) is 3. The summed E-state index contributed by atoms with van der Waals surface area (Å²) >= 11 is 1.82. The standard InChI is InChI=1S/C17H30N2S/c1-12-11-18-16(20-12)13(2)19-15-8-6-7-14(9-10-15)17(3,4)5/h11,13-15,19H,6-10H2,1-5H3. The quantitative estimate of drug-likeness (QED) is 0.785. The van der Waals surface area contributed by atoms with Crippen LogP contribution in [0.2, 0.25) is 0 Å². The number of nitrogens with one attached hydrogen (secondary N) is 1. The Kier molecular flexibility index (Phi) is 5.25. The molecule has 1 aromatic heterocycles. The molecule has 1 aliphatic carbocycles. The van der Waals surface area contributed by atoms with Crippen LogP contribution in [0, 0.1) is 18.3 Å². The van der Waals surface area contributed by atoms with Gasteiger partial charge in [-0.15, -0.1) is 11.3 Å². The van der Waals surface area contributed by atoms with Crippen molar-refractivity contribution in [2.45, 2.75) is 78.8 Å². The summed E-state index contributed by atoms with van der Waals surface area (Å²) in [5.41, 5.74) is 0.465. The summed E-state index contributed by atoms with van der Waals surface area (Å²) in [5.74, 6) is 0.881. The number of thiazole rings is 1. The van der Waals surface area contributed by atoms with E-state index in [9.17, 15) is 0 Å². The normalized spacial score (nSPS) is 26.2. The van der Waals surface area contributed by atoms with E-state index in [0.29, 0.717) is 17.5 Å². The minimum Gasteiger partial charge on any atom is -0.305 e. The molecule has 1 fully saturated rings. The van der Waals surface area contributed by atoms with Gasteiger partial charge >= 0.3 is 0 Å². The summed E-state index contributed by atoms with van der Waals surface area (Å²) in [4.78, 5) is 5.82. The Bertz CT molecular complexity index is 419. The van der Waals surface area contributed by atoms with Crippen LogP contribution in [0.25, 0.3) is 0 Å². The zero-order chi connectivity index (χ0) is 14.8. The Morgan fingerprint density at radius 3 is 2.60 bits per heavy atom. The first-order chi connectivity index (χ1) is 9.36. The molecule has 1 N–H and O–H groups in total. The van der Waals surface area contributed by atoms with E-state index in [0.717, 1.165) is 5.92 Å². The molecule has 0 saturated heterocycles. The van der Waals surface area contributed by atoms with Crippen LogP contribution in [0.5, 0.6) is 0 Å². The monoisotopic (exact) mass is 294 g/mol. The molecule has 20 heavy (non-hydrogen) atoms. The summed E-state index contributed by atoms with van der Waals surface area (Å²) in [6, 6.07) is 1.06. The molecule has 1 aromatic rings. The number of aryl methyl sites for hydroxylation is 1. The molecule has 3 unspecified atom stereocenters. The molecule has 0 radical (unpaired) electrons. The minimum absolute atomic E-state index is 0.393. The lowest BCUT2D eigenvalue weighted by Crippen LogP contribution is -2.31. The first-order valence-corrected chi connectivity index (χ1v) is 8.86. The molecular formula is C17H30N2S. The number of aromatic nitrogens is 1. The van der Waals surface area contributed by atoms with Crippen LogP contribution in [-0.4, -0.2) is 11.0 Å². The van der Waals surface area contributed by atoms with Gasteiger partial charge in [-0.2, -0.15) is 0 Å². The Hall–Kier alpha value is -0.410. The second kappa shape index (κ2) is 6.57. The molecule has 0 aliphatic heterocycles. The van der Waals surface area contributed by atoms with Crippen LogP contribution in [0.3, 0.4) is 0 Å². The summed E-state index contributed by atoms with van der Waals surface area (Å²) < 4.78 is 0. The van der Waals surface area contributed by atoms with E-state index >= 15 is 0 Å². The highest BCUT2D eigenvalue weighted by atomic mass is 32.1. The van der Waals surface area contributed by atoms with Gasteiger partial charge in [0.15, 0.2) is 0 Å². The SMILES string of the molecule is Cc1cnc(C(C)NC2CCCC(C(C)(C)C)CC2)s1. The first kappa shape index (κ1) is 16.0. The molecule has 0 amide bonds. The van der Waals surface area contributed by atoms with Gasteiger partial charge in [0.05, 0.1) is 6.04 Å². The molecule has 0 spiro atoms. The van der Waals surface area contributed by atoms with E-state index in [-0.39, 0.29) is 0 Å². The van der Waals surface area contributed by atoms with Gasteiger partial charge in [0.1, 0.15) is 5.01 Å². The molecule has 3 atom stereocenters. The number of hydrogen-bond donors (Lipinski definition) is 1. The zero-order valence-electron chi connectivity index (χ0n) is 13.7. The first-order valence-electron chi connectivity index (χ1n) is 8.04. The van der Waals surface area contributed by atoms with Gasteiger partial charge in [-0.05, 0) is 50.9 Å². The van der Waals surface area contributed by atoms with Crippen molar-refractivity contribution in [2.75, 3.05) is 0 Å². The summed E-state index contributed by atoms with van der Waals surface area (Å²) in [7, 11) is 0.